The number of carbonyl (C=O) groups is 2. The minimum Gasteiger partial charge on any atom is -0.469 e. The van der Waals surface area contributed by atoms with Gasteiger partial charge in [-0.2, -0.15) is 0 Å². The monoisotopic (exact) mass is 344 g/mol. The molecule has 2 amide bonds. The summed E-state index contributed by atoms with van der Waals surface area (Å²) < 4.78 is 10.5. The van der Waals surface area contributed by atoms with Crippen LogP contribution in [0.1, 0.15) is 58.9 Å². The Labute approximate surface area is 147 Å². The van der Waals surface area contributed by atoms with E-state index in [2.05, 4.69) is 5.32 Å². The molecule has 1 saturated carbocycles. The molecular formula is C19H24N2O4. The molecular weight excluding hydrogens is 320 g/mol. The minimum atomic E-state index is -0.573. The van der Waals surface area contributed by atoms with E-state index in [4.69, 9.17) is 8.83 Å². The van der Waals surface area contributed by atoms with Gasteiger partial charge in [-0.05, 0) is 52.7 Å². The third-order valence-electron chi connectivity index (χ3n) is 4.46. The molecule has 0 unspecified atom stereocenters. The molecule has 134 valence electrons. The van der Waals surface area contributed by atoms with Crippen LogP contribution in [0.3, 0.4) is 0 Å². The highest BCUT2D eigenvalue weighted by atomic mass is 16.3. The van der Waals surface area contributed by atoms with E-state index in [1.807, 2.05) is 18.7 Å². The largest absolute Gasteiger partial charge is 0.469 e. The summed E-state index contributed by atoms with van der Waals surface area (Å²) in [4.78, 5) is 27.2. The highest BCUT2D eigenvalue weighted by Crippen LogP contribution is 2.30. The molecule has 2 heterocycles. The van der Waals surface area contributed by atoms with Crippen molar-refractivity contribution in [2.24, 2.45) is 0 Å². The lowest BCUT2D eigenvalue weighted by molar-refractivity contribution is 0.0670. The Bertz CT molecular complexity index is 783. The van der Waals surface area contributed by atoms with Gasteiger partial charge in [-0.3, -0.25) is 9.59 Å². The lowest BCUT2D eigenvalue weighted by atomic mass is 10.0. The number of hydrogen-bond donors (Lipinski definition) is 1. The zero-order valence-electron chi connectivity index (χ0n) is 15.1. The van der Waals surface area contributed by atoms with E-state index in [1.54, 1.807) is 26.0 Å². The van der Waals surface area contributed by atoms with Crippen LogP contribution >= 0.6 is 0 Å². The molecule has 0 saturated heterocycles. The normalized spacial score (nSPS) is 14.4. The highest BCUT2D eigenvalue weighted by Gasteiger charge is 2.38. The van der Waals surface area contributed by atoms with Crippen LogP contribution < -0.4 is 5.32 Å². The van der Waals surface area contributed by atoms with Crippen LogP contribution in [-0.4, -0.2) is 34.8 Å². The Morgan fingerprint density at radius 2 is 1.68 bits per heavy atom. The van der Waals surface area contributed by atoms with Gasteiger partial charge in [-0.15, -0.1) is 0 Å². The van der Waals surface area contributed by atoms with Gasteiger partial charge in [0.05, 0.1) is 29.2 Å². The number of nitrogens with one attached hydrogen (secondary N) is 1. The topological polar surface area (TPSA) is 75.7 Å². The smallest absolute Gasteiger partial charge is 0.257 e. The first-order chi connectivity index (χ1) is 11.8. The van der Waals surface area contributed by atoms with E-state index in [9.17, 15) is 9.59 Å². The van der Waals surface area contributed by atoms with Gasteiger partial charge in [0.15, 0.2) is 0 Å². The fraction of sp³-hybridized carbons (Fsp3) is 0.474. The average molecular weight is 344 g/mol. The maximum atomic E-state index is 12.9. The van der Waals surface area contributed by atoms with Gasteiger partial charge in [0.2, 0.25) is 0 Å². The maximum absolute atomic E-state index is 12.9. The highest BCUT2D eigenvalue weighted by molar-refractivity contribution is 5.96. The van der Waals surface area contributed by atoms with Crippen molar-refractivity contribution in [3.8, 4) is 0 Å². The molecule has 1 aliphatic carbocycles. The van der Waals surface area contributed by atoms with Crippen LogP contribution in [0.15, 0.2) is 33.5 Å². The van der Waals surface area contributed by atoms with Crippen LogP contribution in [0.2, 0.25) is 0 Å². The van der Waals surface area contributed by atoms with Gasteiger partial charge < -0.3 is 19.1 Å². The molecule has 6 heteroatoms. The van der Waals surface area contributed by atoms with Crippen molar-refractivity contribution in [1.82, 2.24) is 10.2 Å². The first-order valence-electron chi connectivity index (χ1n) is 8.50. The lowest BCUT2D eigenvalue weighted by Crippen LogP contribution is -2.53. The summed E-state index contributed by atoms with van der Waals surface area (Å²) >= 11 is 0. The molecule has 6 nitrogen and oxygen atoms in total. The number of nitrogens with zero attached hydrogens (tertiary/aromatic N) is 1. The first kappa shape index (κ1) is 17.3. The summed E-state index contributed by atoms with van der Waals surface area (Å²) in [5.74, 6) is 0.957. The SMILES string of the molecule is Cc1occc1C(=O)NC(C)(C)CN(C(=O)c1ccoc1C)C1CC1. The zero-order valence-corrected chi connectivity index (χ0v) is 15.1. The van der Waals surface area contributed by atoms with E-state index >= 15 is 0 Å². The third kappa shape index (κ3) is 3.78. The standard InChI is InChI=1S/C19H24N2O4/c1-12-15(7-9-24-12)17(22)20-19(3,4)11-21(14-5-6-14)18(23)16-8-10-25-13(16)2/h7-10,14H,5-6,11H2,1-4H3,(H,20,22). The number of furan rings is 2. The van der Waals surface area contributed by atoms with Crippen molar-refractivity contribution in [2.75, 3.05) is 6.54 Å². The fourth-order valence-corrected chi connectivity index (χ4v) is 2.98. The predicted octanol–water partition coefficient (Wildman–Crippen LogP) is 3.30. The van der Waals surface area contributed by atoms with Crippen molar-refractivity contribution in [2.45, 2.75) is 52.1 Å². The second-order valence-corrected chi connectivity index (χ2v) is 7.28. The second-order valence-electron chi connectivity index (χ2n) is 7.28. The van der Waals surface area contributed by atoms with Gasteiger partial charge >= 0.3 is 0 Å². The number of hydrogen-bond acceptors (Lipinski definition) is 4. The number of rotatable bonds is 6. The summed E-state index contributed by atoms with van der Waals surface area (Å²) in [6.07, 6.45) is 5.02. The molecule has 0 atom stereocenters. The van der Waals surface area contributed by atoms with Crippen LogP contribution in [0, 0.1) is 13.8 Å². The average Bonchev–Trinajstić information content (AvgIpc) is 3.14. The molecule has 2 aromatic heterocycles. The molecule has 1 fully saturated rings. The Hall–Kier alpha value is -2.50. The lowest BCUT2D eigenvalue weighted by Gasteiger charge is -2.33. The van der Waals surface area contributed by atoms with Gasteiger partial charge in [-0.1, -0.05) is 0 Å². The molecule has 1 aliphatic rings. The van der Waals surface area contributed by atoms with Crippen molar-refractivity contribution in [1.29, 1.82) is 0 Å². The summed E-state index contributed by atoms with van der Waals surface area (Å²) in [6.45, 7) is 7.82. The predicted molar refractivity (Wildman–Crippen MR) is 92.5 cm³/mol. The van der Waals surface area contributed by atoms with E-state index in [0.29, 0.717) is 29.2 Å². The molecule has 0 spiro atoms. The molecule has 1 N–H and O–H groups in total. The van der Waals surface area contributed by atoms with Crippen molar-refractivity contribution in [3.05, 3.63) is 47.3 Å². The Kier molecular flexibility index (Phi) is 4.45. The summed E-state index contributed by atoms with van der Waals surface area (Å²) in [5.41, 5.74) is 0.527. The van der Waals surface area contributed by atoms with Crippen LogP contribution in [0.25, 0.3) is 0 Å². The number of carbonyl (C=O) groups excluding carboxylic acids is 2. The maximum Gasteiger partial charge on any atom is 0.257 e. The van der Waals surface area contributed by atoms with Crippen molar-refractivity contribution in [3.63, 3.8) is 0 Å². The minimum absolute atomic E-state index is 0.0458. The summed E-state index contributed by atoms with van der Waals surface area (Å²) in [6, 6.07) is 3.58. The molecule has 0 bridgehead atoms. The molecule has 3 rings (SSSR count). The van der Waals surface area contributed by atoms with E-state index in [0.717, 1.165) is 12.8 Å². The van der Waals surface area contributed by atoms with Crippen molar-refractivity contribution >= 4 is 11.8 Å². The molecule has 2 aromatic rings. The molecule has 0 radical (unpaired) electrons. The van der Waals surface area contributed by atoms with Gasteiger partial charge in [0.1, 0.15) is 11.5 Å². The third-order valence-corrected chi connectivity index (χ3v) is 4.46. The summed E-state index contributed by atoms with van der Waals surface area (Å²) in [7, 11) is 0. The van der Waals surface area contributed by atoms with Crippen LogP contribution in [-0.2, 0) is 0 Å². The van der Waals surface area contributed by atoms with Gasteiger partial charge in [0, 0.05) is 12.6 Å². The Balaban J connectivity index is 1.73. The Morgan fingerprint density at radius 3 is 2.16 bits per heavy atom. The van der Waals surface area contributed by atoms with Crippen LogP contribution in [0.5, 0.6) is 0 Å². The molecule has 0 aromatic carbocycles. The number of aryl methyl sites for hydroxylation is 2. The Morgan fingerprint density at radius 1 is 1.12 bits per heavy atom. The van der Waals surface area contributed by atoms with E-state index in [1.165, 1.54) is 12.5 Å². The second kappa shape index (κ2) is 6.43. The quantitative estimate of drug-likeness (QED) is 0.872. The van der Waals surface area contributed by atoms with Gasteiger partial charge in [-0.25, -0.2) is 0 Å². The first-order valence-corrected chi connectivity index (χ1v) is 8.50. The molecule has 25 heavy (non-hydrogen) atoms. The number of amides is 2. The van der Waals surface area contributed by atoms with Crippen molar-refractivity contribution < 1.29 is 18.4 Å². The van der Waals surface area contributed by atoms with E-state index < -0.39 is 5.54 Å². The zero-order chi connectivity index (χ0) is 18.2. The molecule has 0 aliphatic heterocycles. The van der Waals surface area contributed by atoms with Gasteiger partial charge in [0.25, 0.3) is 11.8 Å². The fourth-order valence-electron chi connectivity index (χ4n) is 2.98. The summed E-state index contributed by atoms with van der Waals surface area (Å²) in [5, 5.41) is 3.01. The van der Waals surface area contributed by atoms with Crippen LogP contribution in [0.4, 0.5) is 0 Å². The van der Waals surface area contributed by atoms with E-state index in [-0.39, 0.29) is 17.9 Å².